The van der Waals surface area contributed by atoms with E-state index in [0.29, 0.717) is 22.6 Å². The number of carbonyl (C=O) groups excluding carboxylic acids is 2. The molecule has 280 valence electrons. The minimum Gasteiger partial charge on any atom is -0.493 e. The van der Waals surface area contributed by atoms with Gasteiger partial charge in [0, 0.05) is 33.1 Å². The van der Waals surface area contributed by atoms with Crippen LogP contribution in [0.25, 0.3) is 39.1 Å². The molecule has 0 saturated carbocycles. The van der Waals surface area contributed by atoms with Gasteiger partial charge in [-0.1, -0.05) is 111 Å². The highest BCUT2D eigenvalue weighted by Crippen LogP contribution is 2.59. The van der Waals surface area contributed by atoms with Gasteiger partial charge in [-0.3, -0.25) is 0 Å². The van der Waals surface area contributed by atoms with E-state index in [1.807, 2.05) is 54.6 Å². The summed E-state index contributed by atoms with van der Waals surface area (Å²) in [5.41, 5.74) is 9.10. The summed E-state index contributed by atoms with van der Waals surface area (Å²) in [6.07, 6.45) is 4.43. The predicted octanol–water partition coefficient (Wildman–Crippen LogP) is 10.5. The van der Waals surface area contributed by atoms with Crippen molar-refractivity contribution in [3.05, 3.63) is 167 Å². The van der Waals surface area contributed by atoms with E-state index < -0.39 is 23.0 Å². The van der Waals surface area contributed by atoms with Crippen molar-refractivity contribution in [2.75, 3.05) is 27.4 Å². The Morgan fingerprint density at radius 1 is 0.714 bits per heavy atom. The minimum atomic E-state index is -0.872. The molecule has 0 fully saturated rings. The number of fused-ring (bicyclic) bond motifs is 8. The van der Waals surface area contributed by atoms with Gasteiger partial charge in [-0.2, -0.15) is 0 Å². The van der Waals surface area contributed by atoms with Crippen molar-refractivity contribution >= 4 is 28.8 Å². The molecule has 0 aromatic heterocycles. The van der Waals surface area contributed by atoms with E-state index in [-0.39, 0.29) is 13.2 Å². The van der Waals surface area contributed by atoms with Gasteiger partial charge in [-0.25, -0.2) is 9.59 Å². The fraction of sp³-hybridized carbons (Fsp3) is 0.184. The normalized spacial score (nSPS) is 14.2. The molecule has 0 N–H and O–H groups in total. The molecule has 6 aromatic rings. The van der Waals surface area contributed by atoms with E-state index >= 15 is 0 Å². The van der Waals surface area contributed by atoms with Crippen LogP contribution in [-0.4, -0.2) is 39.4 Å². The van der Waals surface area contributed by atoms with E-state index in [4.69, 9.17) is 23.7 Å². The van der Waals surface area contributed by atoms with Crippen LogP contribution in [0.5, 0.6) is 17.2 Å². The zero-order chi connectivity index (χ0) is 39.2. The Labute approximate surface area is 326 Å². The molecule has 0 radical (unpaired) electrons. The van der Waals surface area contributed by atoms with Gasteiger partial charge >= 0.3 is 11.9 Å². The van der Waals surface area contributed by atoms with Gasteiger partial charge in [-0.05, 0) is 82.1 Å². The number of ether oxygens (including phenoxy) is 5. The zero-order valence-electron chi connectivity index (χ0n) is 32.1. The lowest BCUT2D eigenvalue weighted by atomic mass is 9.76. The Bertz CT molecular complexity index is 2510. The largest absolute Gasteiger partial charge is 0.493 e. The SMILES string of the molecule is C=C(C)C(=O)OCCOC(=O)c1ccc(-c2ccc3c(c2)C(C)(C)c2c4c(c5cc(OC)c(OC)cc5c2-3)OC(c2ccccc2)(c2ccccc2)C=C4)cc1. The molecule has 2 aliphatic rings. The highest BCUT2D eigenvalue weighted by Gasteiger charge is 2.44. The Kier molecular flexibility index (Phi) is 9.25. The van der Waals surface area contributed by atoms with Crippen molar-refractivity contribution in [3.8, 4) is 39.5 Å². The molecule has 1 heterocycles. The van der Waals surface area contributed by atoms with Crippen LogP contribution in [0.1, 0.15) is 58.9 Å². The third-order valence-corrected chi connectivity index (χ3v) is 10.9. The van der Waals surface area contributed by atoms with Crippen LogP contribution in [-0.2, 0) is 25.3 Å². The first-order valence-electron chi connectivity index (χ1n) is 18.6. The molecule has 1 aliphatic heterocycles. The summed E-state index contributed by atoms with van der Waals surface area (Å²) < 4.78 is 29.5. The standard InChI is InChI=1S/C49H42O7/c1-30(2)46(50)54-25-26-55-47(51)32-19-17-31(18-20-32)33-21-22-36-40(27-33)48(3,4)44-37-23-24-49(34-13-9-7-10-14-34,35-15-11-8-12-16-35)56-45(37)39-29-42(53-6)41(52-5)28-38(39)43(36)44/h7-24,27-29H,1,25-26H2,2-6H3. The van der Waals surface area contributed by atoms with E-state index in [1.165, 1.54) is 11.1 Å². The number of hydrogen-bond donors (Lipinski definition) is 0. The average Bonchev–Trinajstić information content (AvgIpc) is 3.47. The van der Waals surface area contributed by atoms with Crippen molar-refractivity contribution in [3.63, 3.8) is 0 Å². The molecule has 1 aliphatic carbocycles. The molecule has 0 spiro atoms. The summed E-state index contributed by atoms with van der Waals surface area (Å²) >= 11 is 0. The first-order chi connectivity index (χ1) is 27.1. The van der Waals surface area contributed by atoms with Crippen molar-refractivity contribution in [1.82, 2.24) is 0 Å². The van der Waals surface area contributed by atoms with E-state index in [9.17, 15) is 9.59 Å². The maximum atomic E-state index is 12.7. The topological polar surface area (TPSA) is 80.3 Å². The average molecular weight is 743 g/mol. The summed E-state index contributed by atoms with van der Waals surface area (Å²) in [4.78, 5) is 24.4. The first-order valence-corrected chi connectivity index (χ1v) is 18.6. The van der Waals surface area contributed by atoms with Crippen molar-refractivity contribution in [1.29, 1.82) is 0 Å². The summed E-state index contributed by atoms with van der Waals surface area (Å²) in [5.74, 6) is 1.04. The van der Waals surface area contributed by atoms with Crippen LogP contribution in [0.4, 0.5) is 0 Å². The Morgan fingerprint density at radius 2 is 1.30 bits per heavy atom. The lowest BCUT2D eigenvalue weighted by molar-refractivity contribution is -0.140. The molecule has 7 nitrogen and oxygen atoms in total. The van der Waals surface area contributed by atoms with E-state index in [1.54, 1.807) is 33.3 Å². The molecule has 6 aromatic carbocycles. The predicted molar refractivity (Wildman–Crippen MR) is 219 cm³/mol. The molecule has 8 rings (SSSR count). The smallest absolute Gasteiger partial charge is 0.338 e. The van der Waals surface area contributed by atoms with Gasteiger partial charge < -0.3 is 23.7 Å². The summed E-state index contributed by atoms with van der Waals surface area (Å²) in [7, 11) is 3.32. The van der Waals surface area contributed by atoms with Gasteiger partial charge in [0.25, 0.3) is 0 Å². The van der Waals surface area contributed by atoms with Crippen molar-refractivity contribution in [2.24, 2.45) is 0 Å². The highest BCUT2D eigenvalue weighted by atomic mass is 16.6. The number of carbonyl (C=O) groups is 2. The van der Waals surface area contributed by atoms with Gasteiger partial charge in [0.05, 0.1) is 19.8 Å². The zero-order valence-corrected chi connectivity index (χ0v) is 32.1. The van der Waals surface area contributed by atoms with Crippen LogP contribution in [0.2, 0.25) is 0 Å². The molecule has 0 amide bonds. The second kappa shape index (κ2) is 14.2. The summed E-state index contributed by atoms with van der Waals surface area (Å²) in [6.45, 7) is 9.57. The molecule has 0 saturated heterocycles. The van der Waals surface area contributed by atoms with Gasteiger partial charge in [-0.15, -0.1) is 0 Å². The second-order valence-corrected chi connectivity index (χ2v) is 14.7. The quantitative estimate of drug-likeness (QED) is 0.0785. The molecular weight excluding hydrogens is 701 g/mol. The van der Waals surface area contributed by atoms with Crippen LogP contribution in [0.15, 0.2) is 133 Å². The Hall–Kier alpha value is -6.60. The Morgan fingerprint density at radius 3 is 1.91 bits per heavy atom. The van der Waals surface area contributed by atoms with Crippen LogP contribution in [0, 0.1) is 0 Å². The van der Waals surface area contributed by atoms with Crippen molar-refractivity contribution < 1.29 is 33.3 Å². The fourth-order valence-electron chi connectivity index (χ4n) is 8.11. The number of methoxy groups -OCH3 is 2. The molecule has 56 heavy (non-hydrogen) atoms. The van der Waals surface area contributed by atoms with Gasteiger partial charge in [0.15, 0.2) is 17.1 Å². The number of hydrogen-bond acceptors (Lipinski definition) is 7. The number of rotatable bonds is 10. The third kappa shape index (κ3) is 6.00. The number of esters is 2. The molecule has 7 heteroatoms. The van der Waals surface area contributed by atoms with Gasteiger partial charge in [0.2, 0.25) is 0 Å². The molecular formula is C49H42O7. The van der Waals surface area contributed by atoms with Crippen LogP contribution >= 0.6 is 0 Å². The maximum absolute atomic E-state index is 12.7. The molecule has 0 atom stereocenters. The molecule has 0 unspecified atom stereocenters. The van der Waals surface area contributed by atoms with E-state index in [0.717, 1.165) is 55.5 Å². The third-order valence-electron chi connectivity index (χ3n) is 10.9. The summed E-state index contributed by atoms with van der Waals surface area (Å²) in [5, 5.41) is 1.94. The minimum absolute atomic E-state index is 0.0372. The first kappa shape index (κ1) is 36.4. The second-order valence-electron chi connectivity index (χ2n) is 14.7. The van der Waals surface area contributed by atoms with Crippen LogP contribution in [0.3, 0.4) is 0 Å². The lowest BCUT2D eigenvalue weighted by Gasteiger charge is -2.38. The van der Waals surface area contributed by atoms with E-state index in [2.05, 4.69) is 81.1 Å². The fourth-order valence-corrected chi connectivity index (χ4v) is 8.11. The highest BCUT2D eigenvalue weighted by molar-refractivity contribution is 6.10. The van der Waals surface area contributed by atoms with Gasteiger partial charge in [0.1, 0.15) is 19.0 Å². The van der Waals surface area contributed by atoms with Crippen molar-refractivity contribution in [2.45, 2.75) is 31.8 Å². The monoisotopic (exact) mass is 742 g/mol. The van der Waals surface area contributed by atoms with Crippen LogP contribution < -0.4 is 14.2 Å². The Balaban J connectivity index is 1.22. The maximum Gasteiger partial charge on any atom is 0.338 e. The number of benzene rings is 6. The lowest BCUT2D eigenvalue weighted by Crippen LogP contribution is -2.35. The summed E-state index contributed by atoms with van der Waals surface area (Å²) in [6, 6.07) is 38.7. The molecule has 0 bridgehead atoms.